The zero-order valence-corrected chi connectivity index (χ0v) is 13.5. The van der Waals surface area contributed by atoms with Crippen LogP contribution in [0.15, 0.2) is 0 Å². The molecule has 0 aromatic rings. The molecule has 1 fully saturated rings. The molecule has 1 unspecified atom stereocenters. The van der Waals surface area contributed by atoms with Crippen molar-refractivity contribution in [3.05, 3.63) is 0 Å². The molecular weight excluding hydrogens is 420 g/mol. The molecule has 1 aliphatic rings. The van der Waals surface area contributed by atoms with Crippen molar-refractivity contribution in [2.45, 2.75) is 49.3 Å². The molecule has 1 saturated heterocycles. The number of nitrogens with one attached hydrogen (secondary N) is 1. The lowest BCUT2D eigenvalue weighted by Crippen LogP contribution is -2.72. The average molecular weight is 437 g/mol. The second kappa shape index (κ2) is 7.31. The molecule has 1 aliphatic heterocycles. The number of carbonyl (C=O) groups is 2. The van der Waals surface area contributed by atoms with Crippen LogP contribution in [0, 0.1) is 0 Å². The zero-order valence-electron chi connectivity index (χ0n) is 11.4. The van der Waals surface area contributed by atoms with E-state index in [1.54, 1.807) is 22.6 Å². The Labute approximate surface area is 138 Å². The molecule has 1 rings (SSSR count). The monoisotopic (exact) mass is 437 g/mol. The molecule has 0 spiro atoms. The highest BCUT2D eigenvalue weighted by atomic mass is 127. The van der Waals surface area contributed by atoms with Gasteiger partial charge in [-0.15, -0.1) is 0 Å². The van der Waals surface area contributed by atoms with E-state index < -0.39 is 54.3 Å². The number of ether oxygens (including phenoxy) is 1. The van der Waals surface area contributed by atoms with Crippen LogP contribution < -0.4 is 5.32 Å². The maximum atomic E-state index is 14.0. The molecule has 6 N–H and O–H groups in total. The van der Waals surface area contributed by atoms with Gasteiger partial charge in [-0.2, -0.15) is 0 Å². The van der Waals surface area contributed by atoms with Crippen LogP contribution in [0.2, 0.25) is 0 Å². The van der Waals surface area contributed by atoms with Crippen molar-refractivity contribution >= 4 is 34.5 Å². The number of amides is 1. The van der Waals surface area contributed by atoms with E-state index in [4.69, 9.17) is 9.84 Å². The fourth-order valence-electron chi connectivity index (χ4n) is 2.12. The number of carboxylic acids is 1. The number of carboxylic acid groups (broad SMARTS) is 1. The van der Waals surface area contributed by atoms with Crippen molar-refractivity contribution in [1.82, 2.24) is 5.32 Å². The Balaban J connectivity index is 3.19. The molecule has 7 atom stereocenters. The maximum Gasteiger partial charge on any atom is 0.367 e. The Morgan fingerprint density at radius 2 is 2.00 bits per heavy atom. The number of halogens is 2. The molecule has 1 amide bonds. The second-order valence-electron chi connectivity index (χ2n) is 4.91. The number of alkyl halides is 2. The highest BCUT2D eigenvalue weighted by molar-refractivity contribution is 14.1. The Kier molecular flexibility index (Phi) is 6.46. The quantitative estimate of drug-likeness (QED) is 0.204. The van der Waals surface area contributed by atoms with Gasteiger partial charge >= 0.3 is 11.8 Å². The van der Waals surface area contributed by atoms with E-state index in [-0.39, 0.29) is 4.43 Å². The minimum absolute atomic E-state index is 0.00618. The zero-order chi connectivity index (χ0) is 17.2. The van der Waals surface area contributed by atoms with Gasteiger partial charge in [0.25, 0.3) is 0 Å². The maximum absolute atomic E-state index is 14.0. The van der Waals surface area contributed by atoms with Crippen LogP contribution in [-0.2, 0) is 14.3 Å². The normalized spacial score (nSPS) is 38.1. The smallest absolute Gasteiger partial charge is 0.367 e. The summed E-state index contributed by atoms with van der Waals surface area (Å²) < 4.78 is 18.7. The Morgan fingerprint density at radius 3 is 2.41 bits per heavy atom. The van der Waals surface area contributed by atoms with E-state index >= 15 is 0 Å². The molecule has 128 valence electrons. The van der Waals surface area contributed by atoms with E-state index in [0.29, 0.717) is 0 Å². The molecule has 0 aromatic carbocycles. The summed E-state index contributed by atoms with van der Waals surface area (Å²) in [4.78, 5) is 22.2. The Hall–Kier alpha value is -0.600. The van der Waals surface area contributed by atoms with Crippen LogP contribution in [0.4, 0.5) is 4.39 Å². The predicted octanol–water partition coefficient (Wildman–Crippen LogP) is -2.48. The number of hydrogen-bond donors (Lipinski definition) is 6. The van der Waals surface area contributed by atoms with Gasteiger partial charge in [-0.25, -0.2) is 9.18 Å². The molecule has 0 aromatic heterocycles. The molecule has 0 radical (unpaired) electrons. The summed E-state index contributed by atoms with van der Waals surface area (Å²) in [5.74, 6) is -6.23. The third-order valence-corrected chi connectivity index (χ3v) is 4.18. The summed E-state index contributed by atoms with van der Waals surface area (Å²) in [6.45, 7) is 1.05. The number of rotatable bonds is 5. The van der Waals surface area contributed by atoms with Gasteiger partial charge in [0.15, 0.2) is 6.17 Å². The second-order valence-corrected chi connectivity index (χ2v) is 5.80. The molecule has 11 heteroatoms. The van der Waals surface area contributed by atoms with Gasteiger partial charge in [-0.1, -0.05) is 22.6 Å². The molecule has 0 bridgehead atoms. The van der Waals surface area contributed by atoms with Gasteiger partial charge in [-0.05, 0) is 0 Å². The first-order valence-electron chi connectivity index (χ1n) is 6.21. The highest BCUT2D eigenvalue weighted by Crippen LogP contribution is 2.33. The SMILES string of the molecule is CC(=O)N[C@@H]1[C@@H](O)[C@H](F)C(O)(C(=O)O)O[C@H]1[C@H](O)[C@H](O)CI. The summed E-state index contributed by atoms with van der Waals surface area (Å²) in [6.07, 6.45) is -9.87. The van der Waals surface area contributed by atoms with Crippen LogP contribution in [0.25, 0.3) is 0 Å². The summed E-state index contributed by atoms with van der Waals surface area (Å²) in [7, 11) is 0. The lowest BCUT2D eigenvalue weighted by atomic mass is 9.87. The van der Waals surface area contributed by atoms with Crippen molar-refractivity contribution in [3.8, 4) is 0 Å². The highest BCUT2D eigenvalue weighted by Gasteiger charge is 2.61. The topological polar surface area (TPSA) is 157 Å². The van der Waals surface area contributed by atoms with Crippen LogP contribution in [-0.4, -0.2) is 84.3 Å². The van der Waals surface area contributed by atoms with E-state index in [1.165, 1.54) is 0 Å². The third-order valence-electron chi connectivity index (χ3n) is 3.28. The first-order chi connectivity index (χ1) is 10.1. The minimum Gasteiger partial charge on any atom is -0.477 e. The summed E-state index contributed by atoms with van der Waals surface area (Å²) in [6, 6.07) is -1.56. The van der Waals surface area contributed by atoms with Gasteiger partial charge in [0.1, 0.15) is 18.3 Å². The molecule has 0 aliphatic carbocycles. The predicted molar refractivity (Wildman–Crippen MR) is 76.9 cm³/mol. The standard InChI is InChI=1S/C11H17FINO8/c1-3(15)14-5-7(18)9(12)11(21,10(19)20)22-8(5)6(17)4(16)2-13/h4-9,16-18,21H,2H2,1H3,(H,14,15)(H,19,20)/t4-,5-,6-,7-,8-,9+,11?/m1/s1. The number of aliphatic hydroxyl groups excluding tert-OH is 3. The third kappa shape index (κ3) is 3.65. The largest absolute Gasteiger partial charge is 0.477 e. The van der Waals surface area contributed by atoms with Crippen molar-refractivity contribution < 1.29 is 44.2 Å². The summed E-state index contributed by atoms with van der Waals surface area (Å²) in [5.41, 5.74) is 0. The molecule has 9 nitrogen and oxygen atoms in total. The number of aliphatic hydroxyl groups is 4. The first-order valence-corrected chi connectivity index (χ1v) is 7.73. The lowest BCUT2D eigenvalue weighted by molar-refractivity contribution is -0.319. The lowest BCUT2D eigenvalue weighted by Gasteiger charge is -2.46. The molecule has 1 heterocycles. The van der Waals surface area contributed by atoms with Gasteiger partial charge in [0.2, 0.25) is 5.91 Å². The molecule has 0 saturated carbocycles. The minimum atomic E-state index is -3.41. The van der Waals surface area contributed by atoms with Gasteiger partial charge < -0.3 is 35.6 Å². The molecule has 22 heavy (non-hydrogen) atoms. The van der Waals surface area contributed by atoms with Crippen LogP contribution in [0.3, 0.4) is 0 Å². The van der Waals surface area contributed by atoms with Crippen molar-refractivity contribution in [2.75, 3.05) is 4.43 Å². The summed E-state index contributed by atoms with van der Waals surface area (Å²) >= 11 is 1.72. The fraction of sp³-hybridized carbons (Fsp3) is 0.818. The molecular formula is C11H17FINO8. The number of hydrogen-bond acceptors (Lipinski definition) is 7. The van der Waals surface area contributed by atoms with E-state index in [2.05, 4.69) is 5.32 Å². The number of aliphatic carboxylic acids is 1. The van der Waals surface area contributed by atoms with Gasteiger partial charge in [-0.3, -0.25) is 4.79 Å². The van der Waals surface area contributed by atoms with E-state index in [1.807, 2.05) is 0 Å². The Morgan fingerprint density at radius 1 is 1.45 bits per heavy atom. The summed E-state index contributed by atoms with van der Waals surface area (Å²) in [5, 5.41) is 50.2. The Bertz CT molecular complexity index is 440. The number of carbonyl (C=O) groups excluding carboxylic acids is 1. The van der Waals surface area contributed by atoms with Gasteiger partial charge in [0.05, 0.1) is 12.1 Å². The van der Waals surface area contributed by atoms with Gasteiger partial charge in [0, 0.05) is 11.4 Å². The van der Waals surface area contributed by atoms with Crippen molar-refractivity contribution in [1.29, 1.82) is 0 Å². The fourth-order valence-corrected chi connectivity index (χ4v) is 2.64. The van der Waals surface area contributed by atoms with Crippen molar-refractivity contribution in [3.63, 3.8) is 0 Å². The average Bonchev–Trinajstić information content (AvgIpc) is 2.45. The van der Waals surface area contributed by atoms with Crippen LogP contribution in [0.5, 0.6) is 0 Å². The van der Waals surface area contributed by atoms with E-state index in [0.717, 1.165) is 6.92 Å². The first kappa shape index (κ1) is 19.4. The van der Waals surface area contributed by atoms with Crippen LogP contribution >= 0.6 is 22.6 Å². The van der Waals surface area contributed by atoms with Crippen molar-refractivity contribution in [2.24, 2.45) is 0 Å². The van der Waals surface area contributed by atoms with E-state index in [9.17, 15) is 34.4 Å². The van der Waals surface area contributed by atoms with Crippen LogP contribution in [0.1, 0.15) is 6.92 Å².